The lowest BCUT2D eigenvalue weighted by Crippen LogP contribution is -2.47. The third kappa shape index (κ3) is 2.19. The first-order valence-corrected chi connectivity index (χ1v) is 4.94. The van der Waals surface area contributed by atoms with Crippen LogP contribution in [-0.4, -0.2) is 39.4 Å². The quantitative estimate of drug-likeness (QED) is 0.614. The molecule has 0 aliphatic carbocycles. The van der Waals surface area contributed by atoms with Crippen LogP contribution in [-0.2, 0) is 4.74 Å². The number of ether oxygens (including phenoxy) is 1. The first kappa shape index (κ1) is 8.48. The van der Waals surface area contributed by atoms with Crippen molar-refractivity contribution in [1.29, 1.82) is 0 Å². The fourth-order valence-corrected chi connectivity index (χ4v) is 1.73. The van der Waals surface area contributed by atoms with Gasteiger partial charge >= 0.3 is 0 Å². The van der Waals surface area contributed by atoms with Crippen molar-refractivity contribution in [2.45, 2.75) is 6.42 Å². The molecule has 1 unspecified atom stereocenters. The summed E-state index contributed by atoms with van der Waals surface area (Å²) in [5, 5.41) is 6.78. The van der Waals surface area contributed by atoms with Crippen LogP contribution in [0.4, 0.5) is 0 Å². The molecule has 3 heteroatoms. The maximum absolute atomic E-state index is 5.30. The van der Waals surface area contributed by atoms with E-state index < -0.39 is 0 Å². The van der Waals surface area contributed by atoms with Crippen molar-refractivity contribution in [1.82, 2.24) is 10.6 Å². The molecule has 0 amide bonds. The van der Waals surface area contributed by atoms with E-state index in [9.17, 15) is 0 Å². The third-order valence-corrected chi connectivity index (χ3v) is 2.76. The van der Waals surface area contributed by atoms with Gasteiger partial charge in [0.05, 0.1) is 6.61 Å². The fraction of sp³-hybridized carbons (Fsp3) is 1.00. The minimum absolute atomic E-state index is 0.776. The van der Waals surface area contributed by atoms with E-state index in [0.717, 1.165) is 31.6 Å². The molecule has 0 aromatic carbocycles. The summed E-state index contributed by atoms with van der Waals surface area (Å²) >= 11 is 0. The average Bonchev–Trinajstić information content (AvgIpc) is 2.46. The molecule has 2 rings (SSSR count). The summed E-state index contributed by atoms with van der Waals surface area (Å²) in [5.41, 5.74) is 0. The van der Waals surface area contributed by atoms with Crippen LogP contribution < -0.4 is 10.6 Å². The monoisotopic (exact) mass is 170 g/mol. The molecule has 2 heterocycles. The molecule has 0 spiro atoms. The summed E-state index contributed by atoms with van der Waals surface area (Å²) < 4.78 is 5.30. The maximum atomic E-state index is 5.30. The van der Waals surface area contributed by atoms with Crippen molar-refractivity contribution in [3.63, 3.8) is 0 Å². The first-order chi connectivity index (χ1) is 5.95. The molecular formula is C9H18N2O. The van der Waals surface area contributed by atoms with Crippen LogP contribution in [0.1, 0.15) is 6.42 Å². The van der Waals surface area contributed by atoms with Crippen molar-refractivity contribution in [3.05, 3.63) is 0 Å². The van der Waals surface area contributed by atoms with Gasteiger partial charge < -0.3 is 15.4 Å². The Kier molecular flexibility index (Phi) is 2.98. The van der Waals surface area contributed by atoms with Gasteiger partial charge in [-0.3, -0.25) is 0 Å². The van der Waals surface area contributed by atoms with Crippen molar-refractivity contribution in [2.75, 3.05) is 39.4 Å². The Morgan fingerprint density at radius 3 is 2.67 bits per heavy atom. The molecule has 0 bridgehead atoms. The van der Waals surface area contributed by atoms with Gasteiger partial charge in [-0.15, -0.1) is 0 Å². The lowest BCUT2D eigenvalue weighted by molar-refractivity contribution is 0.184. The van der Waals surface area contributed by atoms with Crippen LogP contribution in [0.2, 0.25) is 0 Å². The van der Waals surface area contributed by atoms with E-state index in [1.807, 2.05) is 0 Å². The molecule has 2 aliphatic heterocycles. The van der Waals surface area contributed by atoms with Crippen molar-refractivity contribution in [3.8, 4) is 0 Å². The Morgan fingerprint density at radius 2 is 2.08 bits per heavy atom. The van der Waals surface area contributed by atoms with E-state index >= 15 is 0 Å². The van der Waals surface area contributed by atoms with Gasteiger partial charge in [0.15, 0.2) is 0 Å². The highest BCUT2D eigenvalue weighted by Crippen LogP contribution is 2.10. The van der Waals surface area contributed by atoms with Gasteiger partial charge in [-0.2, -0.15) is 0 Å². The zero-order chi connectivity index (χ0) is 8.23. The Balaban J connectivity index is 1.49. The number of rotatable bonds is 4. The summed E-state index contributed by atoms with van der Waals surface area (Å²) in [7, 11) is 0. The zero-order valence-corrected chi connectivity index (χ0v) is 7.51. The van der Waals surface area contributed by atoms with Crippen LogP contribution in [0, 0.1) is 11.8 Å². The first-order valence-electron chi connectivity index (χ1n) is 4.94. The van der Waals surface area contributed by atoms with Crippen LogP contribution in [0.3, 0.4) is 0 Å². The number of nitrogens with one attached hydrogen (secondary N) is 2. The minimum Gasteiger partial charge on any atom is -0.381 e. The largest absolute Gasteiger partial charge is 0.381 e. The molecule has 2 N–H and O–H groups in total. The topological polar surface area (TPSA) is 33.3 Å². The van der Waals surface area contributed by atoms with Crippen LogP contribution in [0.15, 0.2) is 0 Å². The van der Waals surface area contributed by atoms with Crippen LogP contribution >= 0.6 is 0 Å². The van der Waals surface area contributed by atoms with Gasteiger partial charge in [0.25, 0.3) is 0 Å². The Morgan fingerprint density at radius 1 is 1.25 bits per heavy atom. The SMILES string of the molecule is C1CC(CNCC2CNC2)CO1. The predicted molar refractivity (Wildman–Crippen MR) is 48.2 cm³/mol. The van der Waals surface area contributed by atoms with Crippen molar-refractivity contribution in [2.24, 2.45) is 11.8 Å². The molecule has 1 atom stereocenters. The molecule has 2 saturated heterocycles. The molecule has 2 aliphatic rings. The summed E-state index contributed by atoms with van der Waals surface area (Å²) in [6, 6.07) is 0. The average molecular weight is 170 g/mol. The van der Waals surface area contributed by atoms with E-state index in [0.29, 0.717) is 0 Å². The second-order valence-electron chi connectivity index (χ2n) is 3.91. The molecule has 0 saturated carbocycles. The minimum atomic E-state index is 0.776. The van der Waals surface area contributed by atoms with E-state index in [1.54, 1.807) is 0 Å². The lowest BCUT2D eigenvalue weighted by Gasteiger charge is -2.27. The molecule has 3 nitrogen and oxygen atoms in total. The normalized spacial score (nSPS) is 30.5. The summed E-state index contributed by atoms with van der Waals surface area (Å²) in [6.07, 6.45) is 1.25. The second kappa shape index (κ2) is 4.21. The second-order valence-corrected chi connectivity index (χ2v) is 3.91. The summed E-state index contributed by atoms with van der Waals surface area (Å²) in [4.78, 5) is 0. The van der Waals surface area contributed by atoms with E-state index in [-0.39, 0.29) is 0 Å². The zero-order valence-electron chi connectivity index (χ0n) is 7.51. The van der Waals surface area contributed by atoms with Gasteiger partial charge in [-0.1, -0.05) is 0 Å². The highest BCUT2D eigenvalue weighted by molar-refractivity contribution is 4.77. The standard InChI is InChI=1S/C9H18N2O/c1-2-12-7-8(1)3-10-4-9-5-11-6-9/h8-11H,1-7H2. The number of hydrogen-bond acceptors (Lipinski definition) is 3. The van der Waals surface area contributed by atoms with Crippen molar-refractivity contribution >= 4 is 0 Å². The molecule has 0 radical (unpaired) electrons. The smallest absolute Gasteiger partial charge is 0.0507 e. The van der Waals surface area contributed by atoms with Crippen LogP contribution in [0.25, 0.3) is 0 Å². The predicted octanol–water partition coefficient (Wildman–Crippen LogP) is -0.168. The lowest BCUT2D eigenvalue weighted by atomic mass is 10.0. The number of hydrogen-bond donors (Lipinski definition) is 2. The highest BCUT2D eigenvalue weighted by Gasteiger charge is 2.18. The molecule has 2 fully saturated rings. The Labute approximate surface area is 73.9 Å². The summed E-state index contributed by atoms with van der Waals surface area (Å²) in [6.45, 7) is 6.68. The van der Waals surface area contributed by atoms with Gasteiger partial charge in [-0.25, -0.2) is 0 Å². The highest BCUT2D eigenvalue weighted by atomic mass is 16.5. The third-order valence-electron chi connectivity index (χ3n) is 2.76. The van der Waals surface area contributed by atoms with Gasteiger partial charge in [0, 0.05) is 32.8 Å². The Hall–Kier alpha value is -0.120. The fourth-order valence-electron chi connectivity index (χ4n) is 1.73. The summed E-state index contributed by atoms with van der Waals surface area (Å²) in [5.74, 6) is 1.66. The molecular weight excluding hydrogens is 152 g/mol. The van der Waals surface area contributed by atoms with Crippen LogP contribution in [0.5, 0.6) is 0 Å². The van der Waals surface area contributed by atoms with E-state index in [2.05, 4.69) is 10.6 Å². The van der Waals surface area contributed by atoms with Gasteiger partial charge in [-0.05, 0) is 18.3 Å². The van der Waals surface area contributed by atoms with Gasteiger partial charge in [0.1, 0.15) is 0 Å². The Bertz CT molecular complexity index is 130. The van der Waals surface area contributed by atoms with Gasteiger partial charge in [0.2, 0.25) is 0 Å². The van der Waals surface area contributed by atoms with Crippen molar-refractivity contribution < 1.29 is 4.74 Å². The molecule has 12 heavy (non-hydrogen) atoms. The molecule has 0 aromatic heterocycles. The molecule has 0 aromatic rings. The maximum Gasteiger partial charge on any atom is 0.0507 e. The van der Waals surface area contributed by atoms with E-state index in [4.69, 9.17) is 4.74 Å². The molecule has 70 valence electrons. The van der Waals surface area contributed by atoms with E-state index in [1.165, 1.54) is 26.1 Å².